The Morgan fingerprint density at radius 2 is 1.72 bits per heavy atom. The molecule has 0 aliphatic rings. The molecule has 0 N–H and O–H groups in total. The highest BCUT2D eigenvalue weighted by atomic mass is 35.5. The minimum atomic E-state index is 0.437. The van der Waals surface area contributed by atoms with Gasteiger partial charge in [0, 0.05) is 43.9 Å². The molecule has 5 heteroatoms. The fourth-order valence-electron chi connectivity index (χ4n) is 1.73. The Morgan fingerprint density at radius 3 is 2.22 bits per heavy atom. The lowest BCUT2D eigenvalue weighted by atomic mass is 10.2. The number of methoxy groups -OCH3 is 2. The van der Waals surface area contributed by atoms with Crippen LogP contribution in [-0.2, 0) is 15.4 Å². The maximum atomic E-state index is 5.98. The number of ether oxygens (including phenoxy) is 2. The first kappa shape index (κ1) is 15.6. The van der Waals surface area contributed by atoms with Gasteiger partial charge in [-0.05, 0) is 23.8 Å². The molecule has 1 aromatic carbocycles. The normalized spacial score (nSPS) is 10.7. The predicted molar refractivity (Wildman–Crippen MR) is 77.0 cm³/mol. The van der Waals surface area contributed by atoms with Gasteiger partial charge in [0.25, 0.3) is 0 Å². The van der Waals surface area contributed by atoms with Gasteiger partial charge in [-0.25, -0.2) is 0 Å². The largest absolute Gasteiger partial charge is 0.383 e. The molecule has 0 saturated heterocycles. The Morgan fingerprint density at radius 1 is 1.11 bits per heavy atom. The topological polar surface area (TPSA) is 21.7 Å². The quantitative estimate of drug-likeness (QED) is 0.687. The van der Waals surface area contributed by atoms with E-state index in [4.69, 9.17) is 32.7 Å². The average Bonchev–Trinajstić information content (AvgIpc) is 2.39. The van der Waals surface area contributed by atoms with Crippen LogP contribution in [0.3, 0.4) is 0 Å². The third kappa shape index (κ3) is 4.65. The zero-order valence-electron chi connectivity index (χ0n) is 10.8. The SMILES string of the molecule is COCCN(CCOC)c1ccc(Cl)cc1CCl. The van der Waals surface area contributed by atoms with E-state index in [-0.39, 0.29) is 0 Å². The Bertz CT molecular complexity index is 353. The van der Waals surface area contributed by atoms with E-state index in [1.165, 1.54) is 0 Å². The molecule has 0 saturated carbocycles. The third-order valence-electron chi connectivity index (χ3n) is 2.66. The summed E-state index contributed by atoms with van der Waals surface area (Å²) in [6.07, 6.45) is 0. The lowest BCUT2D eigenvalue weighted by Gasteiger charge is -2.26. The van der Waals surface area contributed by atoms with Crippen molar-refractivity contribution in [1.82, 2.24) is 0 Å². The van der Waals surface area contributed by atoms with Gasteiger partial charge in [-0.15, -0.1) is 11.6 Å². The molecule has 102 valence electrons. The van der Waals surface area contributed by atoms with E-state index < -0.39 is 0 Å². The lowest BCUT2D eigenvalue weighted by molar-refractivity contribution is 0.190. The van der Waals surface area contributed by atoms with Crippen molar-refractivity contribution in [3.05, 3.63) is 28.8 Å². The van der Waals surface area contributed by atoms with Gasteiger partial charge in [0.05, 0.1) is 13.2 Å². The first-order valence-corrected chi connectivity index (χ1v) is 6.71. The number of rotatable bonds is 8. The molecule has 0 aliphatic carbocycles. The highest BCUT2D eigenvalue weighted by molar-refractivity contribution is 6.30. The van der Waals surface area contributed by atoms with Crippen LogP contribution in [0.5, 0.6) is 0 Å². The molecule has 0 fully saturated rings. The summed E-state index contributed by atoms with van der Waals surface area (Å²) in [6, 6.07) is 5.77. The summed E-state index contributed by atoms with van der Waals surface area (Å²) >= 11 is 12.0. The second-order valence-electron chi connectivity index (χ2n) is 3.88. The van der Waals surface area contributed by atoms with Gasteiger partial charge in [0.2, 0.25) is 0 Å². The molecule has 0 aliphatic heterocycles. The number of benzene rings is 1. The minimum Gasteiger partial charge on any atom is -0.383 e. The summed E-state index contributed by atoms with van der Waals surface area (Å²) in [6.45, 7) is 2.92. The van der Waals surface area contributed by atoms with E-state index in [1.807, 2.05) is 18.2 Å². The minimum absolute atomic E-state index is 0.437. The Hall–Kier alpha value is -0.480. The third-order valence-corrected chi connectivity index (χ3v) is 3.18. The molecule has 3 nitrogen and oxygen atoms in total. The summed E-state index contributed by atoms with van der Waals surface area (Å²) in [5.41, 5.74) is 2.11. The van der Waals surface area contributed by atoms with Gasteiger partial charge in [0.15, 0.2) is 0 Å². The number of hydrogen-bond donors (Lipinski definition) is 0. The van der Waals surface area contributed by atoms with Crippen LogP contribution in [0.1, 0.15) is 5.56 Å². The molecular weight excluding hydrogens is 273 g/mol. The van der Waals surface area contributed by atoms with Crippen molar-refractivity contribution in [2.75, 3.05) is 45.4 Å². The van der Waals surface area contributed by atoms with E-state index in [0.717, 1.165) is 24.3 Å². The van der Waals surface area contributed by atoms with E-state index in [1.54, 1.807) is 14.2 Å². The van der Waals surface area contributed by atoms with Gasteiger partial charge in [0.1, 0.15) is 0 Å². The monoisotopic (exact) mass is 291 g/mol. The lowest BCUT2D eigenvalue weighted by Crippen LogP contribution is -2.31. The van der Waals surface area contributed by atoms with E-state index >= 15 is 0 Å². The predicted octanol–water partition coefficient (Wildman–Crippen LogP) is 3.18. The first-order chi connectivity index (χ1) is 8.72. The molecule has 0 radical (unpaired) electrons. The Labute approximate surface area is 119 Å². The van der Waals surface area contributed by atoms with Crippen molar-refractivity contribution < 1.29 is 9.47 Å². The van der Waals surface area contributed by atoms with Gasteiger partial charge in [-0.2, -0.15) is 0 Å². The van der Waals surface area contributed by atoms with E-state index in [0.29, 0.717) is 24.1 Å². The van der Waals surface area contributed by atoms with Gasteiger partial charge < -0.3 is 14.4 Å². The molecule has 1 rings (SSSR count). The summed E-state index contributed by atoms with van der Waals surface area (Å²) < 4.78 is 10.3. The summed E-state index contributed by atoms with van der Waals surface area (Å²) in [7, 11) is 3.39. The first-order valence-electron chi connectivity index (χ1n) is 5.80. The van der Waals surface area contributed by atoms with Crippen molar-refractivity contribution in [1.29, 1.82) is 0 Å². The van der Waals surface area contributed by atoms with Crippen LogP contribution in [0.25, 0.3) is 0 Å². The van der Waals surface area contributed by atoms with Crippen LogP contribution in [0.2, 0.25) is 5.02 Å². The number of halogens is 2. The molecule has 0 heterocycles. The van der Waals surface area contributed by atoms with Crippen LogP contribution >= 0.6 is 23.2 Å². The smallest absolute Gasteiger partial charge is 0.0637 e. The summed E-state index contributed by atoms with van der Waals surface area (Å²) in [5, 5.41) is 0.702. The van der Waals surface area contributed by atoms with Gasteiger partial charge >= 0.3 is 0 Å². The molecule has 0 aromatic heterocycles. The number of nitrogens with zero attached hydrogens (tertiary/aromatic N) is 1. The number of anilines is 1. The molecule has 18 heavy (non-hydrogen) atoms. The number of hydrogen-bond acceptors (Lipinski definition) is 3. The van der Waals surface area contributed by atoms with E-state index in [2.05, 4.69) is 4.90 Å². The van der Waals surface area contributed by atoms with Crippen LogP contribution in [-0.4, -0.2) is 40.5 Å². The molecule has 1 aromatic rings. The zero-order valence-corrected chi connectivity index (χ0v) is 12.3. The molecule has 0 bridgehead atoms. The van der Waals surface area contributed by atoms with Crippen molar-refractivity contribution in [2.24, 2.45) is 0 Å². The second-order valence-corrected chi connectivity index (χ2v) is 4.58. The van der Waals surface area contributed by atoms with Crippen molar-refractivity contribution in [3.8, 4) is 0 Å². The standard InChI is InChI=1S/C13H19Cl2NO2/c1-17-7-5-16(6-8-18-2)13-4-3-12(15)9-11(13)10-14/h3-4,9H,5-8,10H2,1-2H3. The molecular formula is C13H19Cl2NO2. The molecule has 0 atom stereocenters. The summed E-state index contributed by atoms with van der Waals surface area (Å²) in [4.78, 5) is 2.20. The second kappa shape index (κ2) is 8.59. The van der Waals surface area contributed by atoms with Crippen LogP contribution in [0, 0.1) is 0 Å². The zero-order chi connectivity index (χ0) is 13.4. The number of alkyl halides is 1. The summed E-state index contributed by atoms with van der Waals surface area (Å²) in [5.74, 6) is 0.437. The maximum absolute atomic E-state index is 5.98. The van der Waals surface area contributed by atoms with Crippen LogP contribution in [0.4, 0.5) is 5.69 Å². The fraction of sp³-hybridized carbons (Fsp3) is 0.538. The van der Waals surface area contributed by atoms with Gasteiger partial charge in [-0.1, -0.05) is 11.6 Å². The molecule has 0 unspecified atom stereocenters. The average molecular weight is 292 g/mol. The van der Waals surface area contributed by atoms with Crippen molar-refractivity contribution >= 4 is 28.9 Å². The molecule has 0 spiro atoms. The fourth-order valence-corrected chi connectivity index (χ4v) is 2.13. The van der Waals surface area contributed by atoms with Gasteiger partial charge in [-0.3, -0.25) is 0 Å². The maximum Gasteiger partial charge on any atom is 0.0637 e. The highest BCUT2D eigenvalue weighted by Gasteiger charge is 2.11. The molecule has 0 amide bonds. The highest BCUT2D eigenvalue weighted by Crippen LogP contribution is 2.25. The van der Waals surface area contributed by atoms with Crippen LogP contribution in [0.15, 0.2) is 18.2 Å². The van der Waals surface area contributed by atoms with E-state index in [9.17, 15) is 0 Å². The van der Waals surface area contributed by atoms with Crippen LogP contribution < -0.4 is 4.90 Å². The Kier molecular flexibility index (Phi) is 7.44. The van der Waals surface area contributed by atoms with Crippen molar-refractivity contribution in [3.63, 3.8) is 0 Å². The van der Waals surface area contributed by atoms with Crippen molar-refractivity contribution in [2.45, 2.75) is 5.88 Å². The Balaban J connectivity index is 2.88.